The first kappa shape index (κ1) is 16.8. The molecule has 0 atom stereocenters. The van der Waals surface area contributed by atoms with Crippen molar-refractivity contribution in [2.24, 2.45) is 5.73 Å². The van der Waals surface area contributed by atoms with Crippen LogP contribution < -0.4 is 5.73 Å². The molecule has 0 unspecified atom stereocenters. The topological polar surface area (TPSA) is 73.7 Å². The molecule has 0 spiro atoms. The second-order valence-corrected chi connectivity index (χ2v) is 6.98. The van der Waals surface area contributed by atoms with Crippen molar-refractivity contribution < 1.29 is 0 Å². The third-order valence-corrected chi connectivity index (χ3v) is 5.05. The highest BCUT2D eigenvalue weighted by Crippen LogP contribution is 2.35. The lowest BCUT2D eigenvalue weighted by Crippen LogP contribution is -2.04. The number of benzene rings is 2. The summed E-state index contributed by atoms with van der Waals surface area (Å²) in [6, 6.07) is 13.2. The number of nitrogens with zero attached hydrogens (tertiary/aromatic N) is 1. The van der Waals surface area contributed by atoms with Crippen LogP contribution in [0.3, 0.4) is 0 Å². The Kier molecular flexibility index (Phi) is 5.78. The second-order valence-electron chi connectivity index (χ2n) is 4.44. The smallest absolute Gasteiger partial charge is 0.151 e. The van der Waals surface area contributed by atoms with Gasteiger partial charge in [-0.15, -0.1) is 0 Å². The van der Waals surface area contributed by atoms with Crippen molar-refractivity contribution in [3.8, 4) is 6.07 Å². The molecule has 0 aliphatic rings. The van der Waals surface area contributed by atoms with Gasteiger partial charge in [0, 0.05) is 20.6 Å². The Morgan fingerprint density at radius 1 is 1.27 bits per heavy atom. The van der Waals surface area contributed by atoms with Crippen molar-refractivity contribution in [1.29, 1.82) is 10.7 Å². The van der Waals surface area contributed by atoms with Gasteiger partial charge < -0.3 is 5.73 Å². The largest absolute Gasteiger partial charge is 0.379 e. The average Bonchev–Trinajstić information content (AvgIpc) is 2.49. The number of nitrogens with one attached hydrogen (secondary N) is 1. The van der Waals surface area contributed by atoms with Gasteiger partial charge in [0.25, 0.3) is 0 Å². The third kappa shape index (κ3) is 4.44. The van der Waals surface area contributed by atoms with Crippen LogP contribution in [0.1, 0.15) is 16.7 Å². The summed E-state index contributed by atoms with van der Waals surface area (Å²) in [6.45, 7) is 3.99. The maximum absolute atomic E-state index is 8.91. The van der Waals surface area contributed by atoms with E-state index in [4.69, 9.17) is 28.0 Å². The summed E-state index contributed by atoms with van der Waals surface area (Å²) in [6.07, 6.45) is 0. The Morgan fingerprint density at radius 3 is 2.64 bits per heavy atom. The van der Waals surface area contributed by atoms with Crippen LogP contribution >= 0.6 is 35.1 Å². The molecular formula is C16H13ClN3S2. The average molecular weight is 347 g/mol. The molecule has 1 radical (unpaired) electrons. The van der Waals surface area contributed by atoms with Gasteiger partial charge in [-0.3, -0.25) is 5.41 Å². The number of nitriles is 1. The van der Waals surface area contributed by atoms with Crippen molar-refractivity contribution in [2.45, 2.75) is 15.5 Å². The molecule has 3 N–H and O–H groups in total. The SMILES string of the molecule is [CH2]c1cc(C#N)ccc1Sc1ccc(Cl)cc1CSC(=N)N. The molecule has 22 heavy (non-hydrogen) atoms. The van der Waals surface area contributed by atoms with Gasteiger partial charge in [0.15, 0.2) is 5.17 Å². The summed E-state index contributed by atoms with van der Waals surface area (Å²) in [5.74, 6) is 0.584. The summed E-state index contributed by atoms with van der Waals surface area (Å²) < 4.78 is 0. The van der Waals surface area contributed by atoms with Crippen LogP contribution in [-0.4, -0.2) is 5.17 Å². The Balaban J connectivity index is 2.29. The van der Waals surface area contributed by atoms with Gasteiger partial charge >= 0.3 is 0 Å². The molecule has 2 aromatic carbocycles. The zero-order chi connectivity index (χ0) is 16.1. The molecule has 0 saturated heterocycles. The van der Waals surface area contributed by atoms with Gasteiger partial charge in [-0.05, 0) is 54.4 Å². The highest BCUT2D eigenvalue weighted by Gasteiger charge is 2.09. The van der Waals surface area contributed by atoms with E-state index in [0.717, 1.165) is 20.9 Å². The number of amidine groups is 1. The lowest BCUT2D eigenvalue weighted by Gasteiger charge is -2.11. The summed E-state index contributed by atoms with van der Waals surface area (Å²) in [7, 11) is 0. The normalized spacial score (nSPS) is 10.2. The van der Waals surface area contributed by atoms with Gasteiger partial charge in [0.2, 0.25) is 0 Å². The molecule has 0 aliphatic carbocycles. The lowest BCUT2D eigenvalue weighted by molar-refractivity contribution is 1.26. The van der Waals surface area contributed by atoms with E-state index >= 15 is 0 Å². The fourth-order valence-corrected chi connectivity index (χ4v) is 3.58. The van der Waals surface area contributed by atoms with Gasteiger partial charge in [-0.2, -0.15) is 5.26 Å². The Bertz CT molecular complexity index is 754. The fraction of sp³-hybridized carbons (Fsp3) is 0.0625. The zero-order valence-corrected chi connectivity index (χ0v) is 14.0. The highest BCUT2D eigenvalue weighted by molar-refractivity contribution is 8.13. The fourth-order valence-electron chi connectivity index (χ4n) is 1.78. The van der Waals surface area contributed by atoms with Crippen LogP contribution in [0.15, 0.2) is 46.2 Å². The van der Waals surface area contributed by atoms with Crippen LogP contribution in [0.5, 0.6) is 0 Å². The van der Waals surface area contributed by atoms with E-state index in [-0.39, 0.29) is 5.17 Å². The molecule has 0 amide bonds. The van der Waals surface area contributed by atoms with Crippen molar-refractivity contribution >= 4 is 40.3 Å². The summed E-state index contributed by atoms with van der Waals surface area (Å²) in [4.78, 5) is 2.02. The molecule has 0 aliphatic heterocycles. The lowest BCUT2D eigenvalue weighted by atomic mass is 10.2. The number of rotatable bonds is 4. The molecule has 0 aromatic heterocycles. The number of nitrogens with two attached hydrogens (primary N) is 1. The van der Waals surface area contributed by atoms with E-state index in [1.165, 1.54) is 11.8 Å². The van der Waals surface area contributed by atoms with Gasteiger partial charge in [-0.25, -0.2) is 0 Å². The van der Waals surface area contributed by atoms with Crippen molar-refractivity contribution in [1.82, 2.24) is 0 Å². The van der Waals surface area contributed by atoms with E-state index in [2.05, 4.69) is 13.0 Å². The van der Waals surface area contributed by atoms with Gasteiger partial charge in [-0.1, -0.05) is 35.1 Å². The first-order valence-corrected chi connectivity index (χ1v) is 8.47. The molecule has 0 fully saturated rings. The summed E-state index contributed by atoms with van der Waals surface area (Å²) in [5, 5.41) is 17.0. The zero-order valence-electron chi connectivity index (χ0n) is 11.6. The molecule has 0 saturated carbocycles. The molecular weight excluding hydrogens is 334 g/mol. The summed E-state index contributed by atoms with van der Waals surface area (Å²) >= 11 is 8.88. The number of hydrogen-bond donors (Lipinski definition) is 2. The third-order valence-electron chi connectivity index (χ3n) is 2.82. The maximum atomic E-state index is 8.91. The monoisotopic (exact) mass is 346 g/mol. The molecule has 0 bridgehead atoms. The van der Waals surface area contributed by atoms with E-state index in [0.29, 0.717) is 16.3 Å². The van der Waals surface area contributed by atoms with Crippen LogP contribution in [0.4, 0.5) is 0 Å². The first-order chi connectivity index (χ1) is 10.5. The van der Waals surface area contributed by atoms with Gasteiger partial charge in [0.05, 0.1) is 11.6 Å². The maximum Gasteiger partial charge on any atom is 0.151 e. The number of thioether (sulfide) groups is 1. The minimum atomic E-state index is 0.0761. The van der Waals surface area contributed by atoms with Crippen molar-refractivity contribution in [3.63, 3.8) is 0 Å². The Hall–Kier alpha value is -1.61. The predicted octanol–water partition coefficient (Wildman–Crippen LogP) is 4.67. The van der Waals surface area contributed by atoms with E-state index in [9.17, 15) is 0 Å². The van der Waals surface area contributed by atoms with Crippen LogP contribution in [0, 0.1) is 23.7 Å². The van der Waals surface area contributed by atoms with Crippen LogP contribution in [0.2, 0.25) is 5.02 Å². The standard InChI is InChI=1S/C16H13ClN3S2/c1-10-6-11(8-18)2-4-14(10)22-15-5-3-13(17)7-12(15)9-21-16(19)20/h2-7H,1,9H2,(H3,19,20). The molecule has 2 aromatic rings. The van der Waals surface area contributed by atoms with Crippen LogP contribution in [0.25, 0.3) is 0 Å². The quantitative estimate of drug-likeness (QED) is 0.623. The van der Waals surface area contributed by atoms with E-state index in [1.807, 2.05) is 24.3 Å². The molecule has 2 rings (SSSR count). The highest BCUT2D eigenvalue weighted by atomic mass is 35.5. The number of hydrogen-bond acceptors (Lipinski definition) is 4. The second kappa shape index (κ2) is 7.59. The van der Waals surface area contributed by atoms with Crippen molar-refractivity contribution in [2.75, 3.05) is 0 Å². The number of halogens is 1. The minimum Gasteiger partial charge on any atom is -0.379 e. The molecule has 6 heteroatoms. The Morgan fingerprint density at radius 2 is 2.00 bits per heavy atom. The van der Waals surface area contributed by atoms with E-state index in [1.54, 1.807) is 23.9 Å². The van der Waals surface area contributed by atoms with Gasteiger partial charge in [0.1, 0.15) is 0 Å². The minimum absolute atomic E-state index is 0.0761. The first-order valence-electron chi connectivity index (χ1n) is 6.29. The predicted molar refractivity (Wildman–Crippen MR) is 94.4 cm³/mol. The van der Waals surface area contributed by atoms with Crippen LogP contribution in [-0.2, 0) is 5.75 Å². The summed E-state index contributed by atoms with van der Waals surface area (Å²) in [5.41, 5.74) is 7.82. The molecule has 0 heterocycles. The molecule has 111 valence electrons. The van der Waals surface area contributed by atoms with E-state index < -0.39 is 0 Å². The Labute approximate surface area is 143 Å². The van der Waals surface area contributed by atoms with Crippen molar-refractivity contribution in [3.05, 3.63) is 65.0 Å². The molecule has 3 nitrogen and oxygen atoms in total.